The average Bonchev–Trinajstić information content (AvgIpc) is 3.32. The van der Waals surface area contributed by atoms with Gasteiger partial charge in [-0.3, -0.25) is 4.79 Å². The van der Waals surface area contributed by atoms with Gasteiger partial charge in [0, 0.05) is 0 Å². The number of amides is 1. The molecule has 0 atom stereocenters. The molecule has 4 rings (SSSR count). The Labute approximate surface area is 158 Å². The van der Waals surface area contributed by atoms with E-state index in [4.69, 9.17) is 4.74 Å². The number of nitrogens with zero attached hydrogens (tertiary/aromatic N) is 5. The molecular formula is C18H16N6O2S. The van der Waals surface area contributed by atoms with Gasteiger partial charge in [-0.05, 0) is 29.5 Å². The first-order valence-electron chi connectivity index (χ1n) is 8.32. The Morgan fingerprint density at radius 2 is 1.93 bits per heavy atom. The van der Waals surface area contributed by atoms with Crippen LogP contribution in [0.25, 0.3) is 10.2 Å². The smallest absolute Gasteiger partial charge is 0.244 e. The van der Waals surface area contributed by atoms with Crippen molar-refractivity contribution in [2.75, 3.05) is 0 Å². The molecule has 2 heterocycles. The molecule has 0 spiro atoms. The van der Waals surface area contributed by atoms with E-state index in [9.17, 15) is 4.79 Å². The first kappa shape index (κ1) is 17.1. The Hall–Kier alpha value is -3.33. The Bertz CT molecular complexity index is 1010. The van der Waals surface area contributed by atoms with Crippen LogP contribution in [0.3, 0.4) is 0 Å². The minimum Gasteiger partial charge on any atom is -0.485 e. The summed E-state index contributed by atoms with van der Waals surface area (Å²) in [5.74, 6) is 0.933. The number of carbonyl (C=O) groups is 1. The van der Waals surface area contributed by atoms with Crippen molar-refractivity contribution in [2.45, 2.75) is 19.7 Å². The van der Waals surface area contributed by atoms with Crippen LogP contribution in [-0.4, -0.2) is 31.1 Å². The first-order valence-corrected chi connectivity index (χ1v) is 9.13. The van der Waals surface area contributed by atoms with Crippen molar-refractivity contribution in [1.29, 1.82) is 0 Å². The molecule has 0 aliphatic rings. The fourth-order valence-corrected chi connectivity index (χ4v) is 3.33. The number of rotatable bonds is 7. The fraction of sp³-hybridized carbons (Fsp3) is 0.167. The SMILES string of the molecule is O=C(Cn1nnc(COc2ccccc2)n1)NCc1nc2ccccc2s1. The summed E-state index contributed by atoms with van der Waals surface area (Å²) in [6.07, 6.45) is 0. The van der Waals surface area contributed by atoms with Crippen molar-refractivity contribution >= 4 is 27.5 Å². The number of nitrogens with one attached hydrogen (secondary N) is 1. The topological polar surface area (TPSA) is 94.8 Å². The van der Waals surface area contributed by atoms with Gasteiger partial charge in [0.1, 0.15) is 17.3 Å². The van der Waals surface area contributed by atoms with Crippen LogP contribution in [0.2, 0.25) is 0 Å². The van der Waals surface area contributed by atoms with Crippen LogP contribution in [0.4, 0.5) is 0 Å². The summed E-state index contributed by atoms with van der Waals surface area (Å²) in [7, 11) is 0. The summed E-state index contributed by atoms with van der Waals surface area (Å²) >= 11 is 1.56. The van der Waals surface area contributed by atoms with E-state index < -0.39 is 0 Å². The second kappa shape index (κ2) is 7.92. The molecule has 0 radical (unpaired) electrons. The van der Waals surface area contributed by atoms with Gasteiger partial charge in [0.25, 0.3) is 0 Å². The highest BCUT2D eigenvalue weighted by Crippen LogP contribution is 2.21. The predicted molar refractivity (Wildman–Crippen MR) is 100 cm³/mol. The maximum atomic E-state index is 12.1. The normalized spacial score (nSPS) is 10.8. The van der Waals surface area contributed by atoms with Gasteiger partial charge in [0.15, 0.2) is 6.61 Å². The molecule has 27 heavy (non-hydrogen) atoms. The monoisotopic (exact) mass is 380 g/mol. The van der Waals surface area contributed by atoms with E-state index in [-0.39, 0.29) is 19.1 Å². The summed E-state index contributed by atoms with van der Waals surface area (Å²) in [6.45, 7) is 0.553. The average molecular weight is 380 g/mol. The first-order chi connectivity index (χ1) is 13.3. The summed E-state index contributed by atoms with van der Waals surface area (Å²) in [5, 5.41) is 15.6. The van der Waals surface area contributed by atoms with E-state index in [1.54, 1.807) is 11.3 Å². The molecule has 1 amide bonds. The van der Waals surface area contributed by atoms with Crippen LogP contribution < -0.4 is 10.1 Å². The second-order valence-corrected chi connectivity index (χ2v) is 6.81. The van der Waals surface area contributed by atoms with Crippen LogP contribution in [0.15, 0.2) is 54.6 Å². The molecule has 0 bridgehead atoms. The molecule has 0 saturated heterocycles. The number of para-hydroxylation sites is 2. The summed E-state index contributed by atoms with van der Waals surface area (Å²) in [6, 6.07) is 17.3. The standard InChI is InChI=1S/C18H16N6O2S/c25-17(19-10-18-20-14-8-4-5-9-15(14)27-18)11-24-22-16(21-23-24)12-26-13-6-2-1-3-7-13/h1-9H,10-12H2,(H,19,25). The maximum Gasteiger partial charge on any atom is 0.244 e. The number of ether oxygens (including phenoxy) is 1. The third-order valence-electron chi connectivity index (χ3n) is 3.67. The minimum absolute atomic E-state index is 0.0107. The Morgan fingerprint density at radius 3 is 2.78 bits per heavy atom. The number of fused-ring (bicyclic) bond motifs is 1. The van der Waals surface area contributed by atoms with Gasteiger partial charge in [-0.2, -0.15) is 4.80 Å². The summed E-state index contributed by atoms with van der Waals surface area (Å²) in [4.78, 5) is 17.8. The van der Waals surface area contributed by atoms with E-state index in [1.165, 1.54) is 4.80 Å². The second-order valence-electron chi connectivity index (χ2n) is 5.69. The number of benzene rings is 2. The number of thiazole rings is 1. The molecule has 0 fully saturated rings. The lowest BCUT2D eigenvalue weighted by molar-refractivity contribution is -0.122. The van der Waals surface area contributed by atoms with Crippen molar-refractivity contribution in [3.05, 3.63) is 65.4 Å². The van der Waals surface area contributed by atoms with Crippen molar-refractivity contribution in [1.82, 2.24) is 30.5 Å². The van der Waals surface area contributed by atoms with Crippen molar-refractivity contribution < 1.29 is 9.53 Å². The van der Waals surface area contributed by atoms with Crippen LogP contribution in [0.1, 0.15) is 10.8 Å². The molecule has 2 aromatic heterocycles. The van der Waals surface area contributed by atoms with Crippen molar-refractivity contribution in [3.8, 4) is 5.75 Å². The van der Waals surface area contributed by atoms with Crippen LogP contribution in [-0.2, 0) is 24.5 Å². The molecule has 0 aliphatic heterocycles. The summed E-state index contributed by atoms with van der Waals surface area (Å²) < 4.78 is 6.66. The largest absolute Gasteiger partial charge is 0.485 e. The van der Waals surface area contributed by atoms with Crippen molar-refractivity contribution in [2.24, 2.45) is 0 Å². The number of aromatic nitrogens is 5. The molecule has 1 N–H and O–H groups in total. The number of hydrogen-bond acceptors (Lipinski definition) is 7. The third-order valence-corrected chi connectivity index (χ3v) is 4.70. The molecule has 136 valence electrons. The van der Waals surface area contributed by atoms with Gasteiger partial charge in [-0.25, -0.2) is 4.98 Å². The highest BCUT2D eigenvalue weighted by molar-refractivity contribution is 7.18. The zero-order valence-electron chi connectivity index (χ0n) is 14.3. The molecule has 4 aromatic rings. The number of hydrogen-bond donors (Lipinski definition) is 1. The third kappa shape index (κ3) is 4.45. The van der Waals surface area contributed by atoms with Crippen molar-refractivity contribution in [3.63, 3.8) is 0 Å². The zero-order valence-corrected chi connectivity index (χ0v) is 15.1. The predicted octanol–water partition coefficient (Wildman–Crippen LogP) is 2.18. The van der Waals surface area contributed by atoms with Crippen LogP contribution in [0.5, 0.6) is 5.75 Å². The van der Waals surface area contributed by atoms with Crippen LogP contribution in [0, 0.1) is 0 Å². The maximum absolute atomic E-state index is 12.1. The number of carbonyl (C=O) groups excluding carboxylic acids is 1. The van der Waals surface area contributed by atoms with Gasteiger partial charge in [-0.1, -0.05) is 30.3 Å². The van der Waals surface area contributed by atoms with Gasteiger partial charge in [-0.15, -0.1) is 21.5 Å². The quantitative estimate of drug-likeness (QED) is 0.528. The summed E-state index contributed by atoms with van der Waals surface area (Å²) in [5.41, 5.74) is 0.938. The van der Waals surface area contributed by atoms with E-state index >= 15 is 0 Å². The Morgan fingerprint density at radius 1 is 1.11 bits per heavy atom. The van der Waals surface area contributed by atoms with Gasteiger partial charge >= 0.3 is 0 Å². The molecule has 0 saturated carbocycles. The Kier molecular flexibility index (Phi) is 5.01. The van der Waals surface area contributed by atoms with E-state index in [1.807, 2.05) is 54.6 Å². The van der Waals surface area contributed by atoms with E-state index in [2.05, 4.69) is 25.7 Å². The lowest BCUT2D eigenvalue weighted by Gasteiger charge is -2.02. The molecule has 2 aromatic carbocycles. The fourth-order valence-electron chi connectivity index (χ4n) is 2.42. The molecule has 8 nitrogen and oxygen atoms in total. The minimum atomic E-state index is -0.206. The number of tetrazole rings is 1. The lowest BCUT2D eigenvalue weighted by atomic mass is 10.3. The van der Waals surface area contributed by atoms with Gasteiger partial charge in [0.2, 0.25) is 11.7 Å². The zero-order chi connectivity index (χ0) is 18.5. The highest BCUT2D eigenvalue weighted by atomic mass is 32.1. The molecular weight excluding hydrogens is 364 g/mol. The lowest BCUT2D eigenvalue weighted by Crippen LogP contribution is -2.28. The van der Waals surface area contributed by atoms with Gasteiger partial charge < -0.3 is 10.1 Å². The molecule has 9 heteroatoms. The molecule has 0 aliphatic carbocycles. The van der Waals surface area contributed by atoms with Crippen LogP contribution >= 0.6 is 11.3 Å². The van der Waals surface area contributed by atoms with E-state index in [0.717, 1.165) is 21.0 Å². The Balaban J connectivity index is 1.27. The molecule has 0 unspecified atom stereocenters. The highest BCUT2D eigenvalue weighted by Gasteiger charge is 2.10. The van der Waals surface area contributed by atoms with E-state index in [0.29, 0.717) is 12.4 Å². The van der Waals surface area contributed by atoms with Gasteiger partial charge in [0.05, 0.1) is 16.8 Å².